The number of anilines is 1. The van der Waals surface area contributed by atoms with Crippen LogP contribution in [0.5, 0.6) is 0 Å². The van der Waals surface area contributed by atoms with Gasteiger partial charge in [0.1, 0.15) is 0 Å². The van der Waals surface area contributed by atoms with Crippen LogP contribution in [0, 0.1) is 0 Å². The van der Waals surface area contributed by atoms with E-state index in [4.69, 9.17) is 17.3 Å². The number of hydrogen-bond donors (Lipinski definition) is 1. The molecule has 0 unspecified atom stereocenters. The lowest BCUT2D eigenvalue weighted by Gasteiger charge is -2.27. The van der Waals surface area contributed by atoms with Crippen LogP contribution < -0.4 is 5.73 Å². The van der Waals surface area contributed by atoms with Crippen LogP contribution in [0.3, 0.4) is 0 Å². The lowest BCUT2D eigenvalue weighted by atomic mass is 10.1. The lowest BCUT2D eigenvalue weighted by molar-refractivity contribution is -0.0960. The van der Waals surface area contributed by atoms with Gasteiger partial charge in [-0.15, -0.1) is 0 Å². The van der Waals surface area contributed by atoms with Gasteiger partial charge in [-0.3, -0.25) is 4.90 Å². The van der Waals surface area contributed by atoms with Crippen LogP contribution in [-0.2, 0) is 6.54 Å². The molecule has 0 amide bonds. The summed E-state index contributed by atoms with van der Waals surface area (Å²) in [7, 11) is 0. The third-order valence-electron chi connectivity index (χ3n) is 3.16. The molecular formula is C13H14ClF3N2. The maximum Gasteiger partial charge on any atom is 0.412 e. The number of hydrogen-bond acceptors (Lipinski definition) is 2. The number of nitrogens with two attached hydrogens (primary N) is 1. The molecular weight excluding hydrogens is 277 g/mol. The Balaban J connectivity index is 2.01. The molecule has 0 radical (unpaired) electrons. The summed E-state index contributed by atoms with van der Waals surface area (Å²) in [5.41, 5.74) is 6.84. The summed E-state index contributed by atoms with van der Waals surface area (Å²) in [5.74, 6) is 0. The molecule has 0 saturated carbocycles. The number of halogens is 4. The fourth-order valence-electron chi connectivity index (χ4n) is 2.06. The average molecular weight is 291 g/mol. The van der Waals surface area contributed by atoms with Gasteiger partial charge in [0.2, 0.25) is 0 Å². The minimum absolute atomic E-state index is 0.0248. The van der Waals surface area contributed by atoms with Crippen molar-refractivity contribution < 1.29 is 13.2 Å². The van der Waals surface area contributed by atoms with Crippen LogP contribution in [0.2, 0.25) is 5.02 Å². The van der Waals surface area contributed by atoms with Gasteiger partial charge in [-0.1, -0.05) is 23.7 Å². The van der Waals surface area contributed by atoms with Crippen LogP contribution in [0.15, 0.2) is 29.8 Å². The Kier molecular flexibility index (Phi) is 4.06. The SMILES string of the molecule is Nc1cc(Cl)ccc1CN1CC=C(C(F)(F)F)CC1. The van der Waals surface area contributed by atoms with Crippen molar-refractivity contribution in [1.82, 2.24) is 4.90 Å². The van der Waals surface area contributed by atoms with Crippen molar-refractivity contribution in [2.24, 2.45) is 0 Å². The molecule has 1 aromatic rings. The molecule has 1 aromatic carbocycles. The van der Waals surface area contributed by atoms with Gasteiger partial charge in [0, 0.05) is 35.9 Å². The standard InChI is InChI=1S/C13H14ClF3N2/c14-11-2-1-9(12(18)7-11)8-19-5-3-10(4-6-19)13(15,16)17/h1-3,7H,4-6,8,18H2. The highest BCUT2D eigenvalue weighted by Gasteiger charge is 2.34. The van der Waals surface area contributed by atoms with Crippen molar-refractivity contribution >= 4 is 17.3 Å². The summed E-state index contributed by atoms with van der Waals surface area (Å²) in [5, 5.41) is 0.555. The predicted octanol–water partition coefficient (Wildman–Crippen LogP) is 3.62. The van der Waals surface area contributed by atoms with Gasteiger partial charge in [-0.05, 0) is 24.1 Å². The fraction of sp³-hybridized carbons (Fsp3) is 0.385. The van der Waals surface area contributed by atoms with E-state index in [0.717, 1.165) is 5.56 Å². The smallest absolute Gasteiger partial charge is 0.398 e. The number of benzene rings is 1. The minimum atomic E-state index is -4.20. The van der Waals surface area contributed by atoms with E-state index in [1.807, 2.05) is 4.90 Å². The molecule has 2 nitrogen and oxygen atoms in total. The molecule has 0 aliphatic carbocycles. The molecule has 104 valence electrons. The van der Waals surface area contributed by atoms with Gasteiger partial charge in [0.05, 0.1) is 0 Å². The van der Waals surface area contributed by atoms with Crippen LogP contribution in [-0.4, -0.2) is 24.2 Å². The highest BCUT2D eigenvalue weighted by atomic mass is 35.5. The second kappa shape index (κ2) is 5.43. The summed E-state index contributed by atoms with van der Waals surface area (Å²) in [4.78, 5) is 1.93. The van der Waals surface area contributed by atoms with Crippen molar-refractivity contribution in [1.29, 1.82) is 0 Å². The zero-order valence-corrected chi connectivity index (χ0v) is 10.9. The largest absolute Gasteiger partial charge is 0.412 e. The quantitative estimate of drug-likeness (QED) is 0.666. The Bertz CT molecular complexity index is 497. The Morgan fingerprint density at radius 1 is 1.32 bits per heavy atom. The molecule has 6 heteroatoms. The molecule has 0 atom stereocenters. The van der Waals surface area contributed by atoms with Gasteiger partial charge >= 0.3 is 6.18 Å². The Morgan fingerprint density at radius 2 is 2.05 bits per heavy atom. The first-order valence-electron chi connectivity index (χ1n) is 5.89. The van der Waals surface area contributed by atoms with E-state index in [1.165, 1.54) is 6.08 Å². The summed E-state index contributed by atoms with van der Waals surface area (Å²) in [6.07, 6.45) is -2.93. The molecule has 0 fully saturated rings. The Morgan fingerprint density at radius 3 is 2.58 bits per heavy atom. The molecule has 2 N–H and O–H groups in total. The fourth-order valence-corrected chi connectivity index (χ4v) is 2.24. The summed E-state index contributed by atoms with van der Waals surface area (Å²) in [6.45, 7) is 1.20. The van der Waals surface area contributed by atoms with Crippen molar-refractivity contribution in [2.45, 2.75) is 19.1 Å². The molecule has 1 aliphatic rings. The number of nitrogen functional groups attached to an aromatic ring is 1. The normalized spacial score (nSPS) is 17.4. The molecule has 1 heterocycles. The monoisotopic (exact) mass is 290 g/mol. The maximum atomic E-state index is 12.5. The van der Waals surface area contributed by atoms with Gasteiger partial charge in [-0.25, -0.2) is 0 Å². The van der Waals surface area contributed by atoms with E-state index in [1.54, 1.807) is 18.2 Å². The van der Waals surface area contributed by atoms with Gasteiger partial charge < -0.3 is 5.73 Å². The average Bonchev–Trinajstić information content (AvgIpc) is 2.32. The van der Waals surface area contributed by atoms with E-state index in [9.17, 15) is 13.2 Å². The van der Waals surface area contributed by atoms with Gasteiger partial charge in [0.15, 0.2) is 0 Å². The third kappa shape index (κ3) is 3.64. The van der Waals surface area contributed by atoms with E-state index < -0.39 is 11.7 Å². The van der Waals surface area contributed by atoms with E-state index in [2.05, 4.69) is 0 Å². The Hall–Kier alpha value is -1.20. The first-order valence-corrected chi connectivity index (χ1v) is 6.26. The molecule has 1 aliphatic heterocycles. The predicted molar refractivity (Wildman–Crippen MR) is 69.9 cm³/mol. The van der Waals surface area contributed by atoms with Crippen molar-refractivity contribution in [3.63, 3.8) is 0 Å². The van der Waals surface area contributed by atoms with E-state index in [-0.39, 0.29) is 13.0 Å². The van der Waals surface area contributed by atoms with Crippen molar-refractivity contribution in [3.05, 3.63) is 40.4 Å². The molecule has 2 rings (SSSR count). The first-order chi connectivity index (χ1) is 8.86. The lowest BCUT2D eigenvalue weighted by Crippen LogP contribution is -2.31. The maximum absolute atomic E-state index is 12.5. The summed E-state index contributed by atoms with van der Waals surface area (Å²) in [6, 6.07) is 5.19. The van der Waals surface area contributed by atoms with Gasteiger partial charge in [-0.2, -0.15) is 13.2 Å². The third-order valence-corrected chi connectivity index (χ3v) is 3.39. The zero-order valence-electron chi connectivity index (χ0n) is 10.2. The molecule has 0 bridgehead atoms. The molecule has 19 heavy (non-hydrogen) atoms. The van der Waals surface area contributed by atoms with E-state index in [0.29, 0.717) is 23.8 Å². The van der Waals surface area contributed by atoms with Gasteiger partial charge in [0.25, 0.3) is 0 Å². The zero-order chi connectivity index (χ0) is 14.0. The van der Waals surface area contributed by atoms with Crippen LogP contribution in [0.4, 0.5) is 18.9 Å². The van der Waals surface area contributed by atoms with Crippen LogP contribution in [0.1, 0.15) is 12.0 Å². The topological polar surface area (TPSA) is 29.3 Å². The van der Waals surface area contributed by atoms with Crippen LogP contribution in [0.25, 0.3) is 0 Å². The highest BCUT2D eigenvalue weighted by Crippen LogP contribution is 2.30. The second-order valence-electron chi connectivity index (χ2n) is 4.56. The summed E-state index contributed by atoms with van der Waals surface area (Å²) >= 11 is 5.80. The number of nitrogens with zero attached hydrogens (tertiary/aromatic N) is 1. The second-order valence-corrected chi connectivity index (χ2v) is 4.99. The summed E-state index contributed by atoms with van der Waals surface area (Å²) < 4.78 is 37.4. The highest BCUT2D eigenvalue weighted by molar-refractivity contribution is 6.30. The molecule has 0 aromatic heterocycles. The Labute approximate surface area is 114 Å². The van der Waals surface area contributed by atoms with Crippen molar-refractivity contribution in [3.8, 4) is 0 Å². The number of rotatable bonds is 2. The van der Waals surface area contributed by atoms with Crippen LogP contribution >= 0.6 is 11.6 Å². The molecule has 0 saturated heterocycles. The number of alkyl halides is 3. The van der Waals surface area contributed by atoms with E-state index >= 15 is 0 Å². The minimum Gasteiger partial charge on any atom is -0.398 e. The molecule has 0 spiro atoms. The van der Waals surface area contributed by atoms with Crippen molar-refractivity contribution in [2.75, 3.05) is 18.8 Å². The first kappa shape index (κ1) is 14.2.